The van der Waals surface area contributed by atoms with Crippen LogP contribution in [0.15, 0.2) is 71.3 Å². The van der Waals surface area contributed by atoms with Crippen LogP contribution in [-0.2, 0) is 6.54 Å². The third-order valence-electron chi connectivity index (χ3n) is 6.66. The van der Waals surface area contributed by atoms with Gasteiger partial charge >= 0.3 is 0 Å². The Bertz CT molecular complexity index is 1330. The number of carbonyl (C=O) groups excluding carboxylic acids is 2. The number of furan rings is 1. The summed E-state index contributed by atoms with van der Waals surface area (Å²) in [4.78, 5) is 30.4. The summed E-state index contributed by atoms with van der Waals surface area (Å²) in [5.74, 6) is -0.0207. The first-order chi connectivity index (χ1) is 16.4. The van der Waals surface area contributed by atoms with Gasteiger partial charge < -0.3 is 18.8 Å². The molecule has 2 aromatic carbocycles. The minimum absolute atomic E-state index is 0.0138. The zero-order chi connectivity index (χ0) is 23.8. The number of amides is 2. The number of carbonyl (C=O) groups is 2. The molecule has 1 saturated heterocycles. The van der Waals surface area contributed by atoms with Gasteiger partial charge in [0.2, 0.25) is 5.71 Å². The average molecular weight is 456 g/mol. The molecule has 1 aliphatic heterocycles. The molecule has 3 heterocycles. The monoisotopic (exact) mass is 455 g/mol. The highest BCUT2D eigenvalue weighted by molar-refractivity contribution is 5.98. The Morgan fingerprint density at radius 2 is 1.59 bits per heavy atom. The normalized spacial score (nSPS) is 16.3. The molecule has 0 bridgehead atoms. The van der Waals surface area contributed by atoms with Crippen molar-refractivity contribution in [3.8, 4) is 0 Å². The van der Waals surface area contributed by atoms with E-state index in [0.29, 0.717) is 43.1 Å². The summed E-state index contributed by atoms with van der Waals surface area (Å²) in [5.41, 5.74) is 5.42. The summed E-state index contributed by atoms with van der Waals surface area (Å²) in [6.45, 7) is 8.12. The molecule has 0 saturated carbocycles. The van der Waals surface area contributed by atoms with Gasteiger partial charge in [-0.2, -0.15) is 0 Å². The number of hydrogen-bond acceptors (Lipinski definition) is 3. The Morgan fingerprint density at radius 3 is 2.26 bits per heavy atom. The molecule has 0 radical (unpaired) electrons. The molecule has 0 aliphatic carbocycles. The Kier molecular flexibility index (Phi) is 5.74. The molecule has 1 aliphatic rings. The second-order valence-electron chi connectivity index (χ2n) is 9.25. The fourth-order valence-electron chi connectivity index (χ4n) is 4.65. The van der Waals surface area contributed by atoms with Gasteiger partial charge in [0.25, 0.3) is 11.8 Å². The van der Waals surface area contributed by atoms with Crippen molar-refractivity contribution in [1.82, 2.24) is 14.4 Å². The van der Waals surface area contributed by atoms with Crippen LogP contribution in [0.4, 0.5) is 0 Å². The number of rotatable bonds is 4. The summed E-state index contributed by atoms with van der Waals surface area (Å²) in [7, 11) is 0. The third kappa shape index (κ3) is 4.12. The Hall–Kier alpha value is -3.80. The van der Waals surface area contributed by atoms with E-state index in [1.54, 1.807) is 6.26 Å². The van der Waals surface area contributed by atoms with Crippen LogP contribution in [0.3, 0.4) is 0 Å². The highest BCUT2D eigenvalue weighted by atomic mass is 16.3. The molecule has 2 aromatic heterocycles. The van der Waals surface area contributed by atoms with Crippen molar-refractivity contribution in [2.24, 2.45) is 0 Å². The van der Waals surface area contributed by atoms with E-state index in [2.05, 4.69) is 31.2 Å². The lowest BCUT2D eigenvalue weighted by atomic mass is 10.1. The van der Waals surface area contributed by atoms with Crippen molar-refractivity contribution >= 4 is 22.9 Å². The molecule has 6 nitrogen and oxygen atoms in total. The molecule has 2 amide bonds. The summed E-state index contributed by atoms with van der Waals surface area (Å²) in [5, 5.41) is 0.914. The van der Waals surface area contributed by atoms with Gasteiger partial charge in [0.1, 0.15) is 5.69 Å². The number of aryl methyl sites for hydroxylation is 2. The first-order valence-corrected chi connectivity index (χ1v) is 11.7. The maximum absolute atomic E-state index is 13.6. The van der Waals surface area contributed by atoms with Gasteiger partial charge in [0.05, 0.1) is 12.8 Å². The van der Waals surface area contributed by atoms with Crippen molar-refractivity contribution in [3.63, 3.8) is 0 Å². The fraction of sp³-hybridized carbons (Fsp3) is 0.286. The lowest BCUT2D eigenvalue weighted by Crippen LogP contribution is -2.55. The van der Waals surface area contributed by atoms with Crippen molar-refractivity contribution in [1.29, 1.82) is 0 Å². The number of fused-ring (bicyclic) bond motifs is 1. The molecule has 4 aromatic rings. The van der Waals surface area contributed by atoms with E-state index < -0.39 is 0 Å². The van der Waals surface area contributed by atoms with Gasteiger partial charge in [-0.1, -0.05) is 47.5 Å². The van der Waals surface area contributed by atoms with E-state index >= 15 is 0 Å². The van der Waals surface area contributed by atoms with Crippen LogP contribution in [0.25, 0.3) is 11.1 Å². The maximum Gasteiger partial charge on any atom is 0.270 e. The van der Waals surface area contributed by atoms with Crippen LogP contribution in [0.2, 0.25) is 0 Å². The van der Waals surface area contributed by atoms with E-state index in [9.17, 15) is 9.59 Å². The molecular weight excluding hydrogens is 426 g/mol. The van der Waals surface area contributed by atoms with Crippen LogP contribution < -0.4 is 0 Å². The molecule has 34 heavy (non-hydrogen) atoms. The van der Waals surface area contributed by atoms with Gasteiger partial charge in [0.15, 0.2) is 0 Å². The molecular formula is C28H29N3O3. The molecule has 6 heteroatoms. The van der Waals surface area contributed by atoms with E-state index in [0.717, 1.165) is 16.5 Å². The topological polar surface area (TPSA) is 58.7 Å². The number of hydrogen-bond donors (Lipinski definition) is 0. The van der Waals surface area contributed by atoms with Crippen LogP contribution in [0, 0.1) is 13.8 Å². The van der Waals surface area contributed by atoms with Crippen molar-refractivity contribution in [3.05, 3.63) is 94.9 Å². The van der Waals surface area contributed by atoms with Crippen LogP contribution >= 0.6 is 0 Å². The molecule has 174 valence electrons. The number of benzene rings is 2. The summed E-state index contributed by atoms with van der Waals surface area (Å²) < 4.78 is 7.68. The van der Waals surface area contributed by atoms with Crippen molar-refractivity contribution < 1.29 is 14.0 Å². The van der Waals surface area contributed by atoms with Gasteiger partial charge in [-0.3, -0.25) is 9.59 Å². The lowest BCUT2D eigenvalue weighted by molar-refractivity contribution is 0.0409. The fourth-order valence-corrected chi connectivity index (χ4v) is 4.65. The van der Waals surface area contributed by atoms with E-state index in [4.69, 9.17) is 4.42 Å². The van der Waals surface area contributed by atoms with Crippen LogP contribution in [0.5, 0.6) is 0 Å². The first-order valence-electron chi connectivity index (χ1n) is 11.7. The second-order valence-corrected chi connectivity index (χ2v) is 9.25. The Labute approximate surface area is 199 Å². The van der Waals surface area contributed by atoms with Crippen LogP contribution in [0.1, 0.15) is 44.5 Å². The molecule has 1 fully saturated rings. The minimum atomic E-state index is -0.0741. The predicted octanol–water partition coefficient (Wildman–Crippen LogP) is 4.89. The minimum Gasteiger partial charge on any atom is -0.448 e. The van der Waals surface area contributed by atoms with E-state index in [1.807, 2.05) is 64.6 Å². The molecule has 1 atom stereocenters. The SMILES string of the molecule is Cc1ccc(Cn2c(C(=O)N3CCN(C(=O)c4ccc(C)cc4)[C@H](C)C3)cc3ccoc32)cc1. The summed E-state index contributed by atoms with van der Waals surface area (Å²) in [6.07, 6.45) is 1.65. The van der Waals surface area contributed by atoms with Crippen molar-refractivity contribution in [2.75, 3.05) is 19.6 Å². The largest absolute Gasteiger partial charge is 0.448 e. The second kappa shape index (κ2) is 8.86. The molecule has 0 spiro atoms. The summed E-state index contributed by atoms with van der Waals surface area (Å²) in [6, 6.07) is 19.7. The standard InChI is InChI=1S/C28H29N3O3/c1-19-4-8-22(9-5-19)18-31-25(16-24-12-15-34-28(24)31)27(33)29-13-14-30(21(3)17-29)26(32)23-10-6-20(2)7-11-23/h4-12,15-16,21H,13-14,17-18H2,1-3H3/t21-/m1/s1. The number of piperazine rings is 1. The maximum atomic E-state index is 13.6. The first kappa shape index (κ1) is 22.0. The zero-order valence-corrected chi connectivity index (χ0v) is 19.8. The smallest absolute Gasteiger partial charge is 0.270 e. The van der Waals surface area contributed by atoms with E-state index in [-0.39, 0.29) is 17.9 Å². The van der Waals surface area contributed by atoms with Gasteiger partial charge in [0, 0.05) is 36.6 Å². The van der Waals surface area contributed by atoms with Gasteiger partial charge in [-0.05, 0) is 50.6 Å². The third-order valence-corrected chi connectivity index (χ3v) is 6.66. The Morgan fingerprint density at radius 1 is 0.912 bits per heavy atom. The average Bonchev–Trinajstić information content (AvgIpc) is 3.42. The molecule has 5 rings (SSSR count). The predicted molar refractivity (Wildman–Crippen MR) is 132 cm³/mol. The van der Waals surface area contributed by atoms with Crippen LogP contribution in [-0.4, -0.2) is 51.9 Å². The van der Waals surface area contributed by atoms with E-state index in [1.165, 1.54) is 5.56 Å². The van der Waals surface area contributed by atoms with Gasteiger partial charge in [-0.15, -0.1) is 0 Å². The zero-order valence-electron chi connectivity index (χ0n) is 19.8. The molecule has 0 N–H and O–H groups in total. The van der Waals surface area contributed by atoms with Crippen molar-refractivity contribution in [2.45, 2.75) is 33.4 Å². The Balaban J connectivity index is 1.35. The quantitative estimate of drug-likeness (QED) is 0.440. The molecule has 0 unspecified atom stereocenters. The number of aromatic nitrogens is 1. The highest BCUT2D eigenvalue weighted by Gasteiger charge is 2.32. The summed E-state index contributed by atoms with van der Waals surface area (Å²) >= 11 is 0. The lowest BCUT2D eigenvalue weighted by Gasteiger charge is -2.40. The highest BCUT2D eigenvalue weighted by Crippen LogP contribution is 2.25. The number of nitrogens with zero attached hydrogens (tertiary/aromatic N) is 3. The van der Waals surface area contributed by atoms with Gasteiger partial charge in [-0.25, -0.2) is 0 Å².